The molecule has 10 unspecified atom stereocenters. The van der Waals surface area contributed by atoms with Gasteiger partial charge in [0.15, 0.2) is 0 Å². The SMILES string of the molecule is C1CCC2CCCCC2C1.CC.CC.CC.CC.CC1CCC2C(CCC3CCC4=C(C5CC(C)CCC5C5CCCCC45)C32)C1. The van der Waals surface area contributed by atoms with E-state index in [4.69, 9.17) is 0 Å². The van der Waals surface area contributed by atoms with Crippen molar-refractivity contribution in [1.29, 1.82) is 0 Å². The second-order valence-corrected chi connectivity index (χ2v) is 16.6. The van der Waals surface area contributed by atoms with Crippen LogP contribution in [0.2, 0.25) is 0 Å². The molecule has 0 heterocycles. The molecule has 0 aromatic heterocycles. The maximum Gasteiger partial charge on any atom is -0.0138 e. The number of hydrogen-bond acceptors (Lipinski definition) is 0. The number of fused-ring (bicyclic) bond motifs is 10. The summed E-state index contributed by atoms with van der Waals surface area (Å²) in [6, 6.07) is 0. The van der Waals surface area contributed by atoms with Crippen molar-refractivity contribution >= 4 is 0 Å². The van der Waals surface area contributed by atoms with Crippen LogP contribution in [0.5, 0.6) is 0 Å². The quantitative estimate of drug-likeness (QED) is 0.232. The van der Waals surface area contributed by atoms with Gasteiger partial charge in [0.2, 0.25) is 0 Å². The molecule has 0 aromatic carbocycles. The minimum absolute atomic E-state index is 0.987. The van der Waals surface area contributed by atoms with Crippen molar-refractivity contribution < 1.29 is 0 Å². The van der Waals surface area contributed by atoms with Crippen LogP contribution in [0.25, 0.3) is 0 Å². The third-order valence-electron chi connectivity index (χ3n) is 14.5. The molecule has 0 N–H and O–H groups in total. The second-order valence-electron chi connectivity index (χ2n) is 16.6. The molecule has 8 aliphatic carbocycles. The van der Waals surface area contributed by atoms with Crippen LogP contribution in [-0.2, 0) is 0 Å². The van der Waals surface area contributed by atoms with Crippen LogP contribution in [0.15, 0.2) is 11.1 Å². The number of allylic oxidation sites excluding steroid dienone is 2. The minimum Gasteiger partial charge on any atom is -0.0683 e. The summed E-state index contributed by atoms with van der Waals surface area (Å²) in [6.45, 7) is 21.1. The Bertz CT molecular complexity index is 809. The first-order chi connectivity index (χ1) is 22.7. The van der Waals surface area contributed by atoms with Crippen molar-refractivity contribution in [3.05, 3.63) is 11.1 Å². The van der Waals surface area contributed by atoms with Crippen LogP contribution in [-0.4, -0.2) is 0 Å². The van der Waals surface area contributed by atoms with Gasteiger partial charge in [0.25, 0.3) is 0 Å². The molecule has 6 fully saturated rings. The summed E-state index contributed by atoms with van der Waals surface area (Å²) >= 11 is 0. The zero-order valence-corrected chi connectivity index (χ0v) is 33.5. The Balaban J connectivity index is 0.000000268. The van der Waals surface area contributed by atoms with E-state index in [0.717, 1.165) is 71.0 Å². The van der Waals surface area contributed by atoms with Crippen molar-refractivity contribution in [2.24, 2.45) is 71.0 Å². The summed E-state index contributed by atoms with van der Waals surface area (Å²) in [4.78, 5) is 0. The Kier molecular flexibility index (Phi) is 18.4. The molecule has 0 amide bonds. The molecule has 270 valence electrons. The van der Waals surface area contributed by atoms with Gasteiger partial charge in [0.1, 0.15) is 0 Å². The molecular formula is C46H86. The van der Waals surface area contributed by atoms with E-state index in [1.165, 1.54) is 57.8 Å². The molecule has 46 heavy (non-hydrogen) atoms. The van der Waals surface area contributed by atoms with Crippen molar-refractivity contribution in [1.82, 2.24) is 0 Å². The zero-order chi connectivity index (χ0) is 33.6. The molecule has 0 saturated heterocycles. The average molecular weight is 639 g/mol. The first-order valence-corrected chi connectivity index (χ1v) is 22.4. The normalized spacial score (nSPS) is 41.9. The van der Waals surface area contributed by atoms with Gasteiger partial charge in [-0.1, -0.05) is 157 Å². The van der Waals surface area contributed by atoms with Crippen LogP contribution in [0, 0.1) is 71.0 Å². The number of hydrogen-bond donors (Lipinski definition) is 0. The minimum atomic E-state index is 0.987. The second kappa shape index (κ2) is 21.1. The van der Waals surface area contributed by atoms with Crippen molar-refractivity contribution in [3.63, 3.8) is 0 Å². The molecule has 8 aliphatic rings. The molecular weight excluding hydrogens is 553 g/mol. The lowest BCUT2D eigenvalue weighted by Crippen LogP contribution is -2.49. The Morgan fingerprint density at radius 2 is 0.848 bits per heavy atom. The molecule has 8 rings (SSSR count). The monoisotopic (exact) mass is 639 g/mol. The Labute approximate surface area is 291 Å². The molecule has 0 bridgehead atoms. The lowest BCUT2D eigenvalue weighted by Gasteiger charge is -2.59. The highest BCUT2D eigenvalue weighted by Crippen LogP contribution is 2.63. The Morgan fingerprint density at radius 3 is 1.46 bits per heavy atom. The average Bonchev–Trinajstić information content (AvgIpc) is 3.14. The van der Waals surface area contributed by atoms with Gasteiger partial charge in [0, 0.05) is 0 Å². The van der Waals surface area contributed by atoms with Gasteiger partial charge < -0.3 is 0 Å². The molecule has 0 aliphatic heterocycles. The fourth-order valence-electron chi connectivity index (χ4n) is 12.9. The molecule has 0 radical (unpaired) electrons. The standard InChI is InChI=1S/C28H44.C10H18.4C2H6/c1-17-7-12-21-20(15-17)10-9-19-11-14-25-23-6-4-3-5-22(23)24-13-8-18(2)16-26(24)28(25)27(19)21;1-2-6-10-8-4-3-7-9(10)5-1;4*1-2/h17-24,26-27H,3-16H2,1-2H3;9-10H,1-8H2;4*1-2H3. The summed E-state index contributed by atoms with van der Waals surface area (Å²) in [6.07, 6.45) is 34.1. The first kappa shape index (κ1) is 40.2. The highest BCUT2D eigenvalue weighted by Gasteiger charge is 2.53. The van der Waals surface area contributed by atoms with Gasteiger partial charge in [0.05, 0.1) is 0 Å². The van der Waals surface area contributed by atoms with Crippen LogP contribution in [0.4, 0.5) is 0 Å². The Morgan fingerprint density at radius 1 is 0.370 bits per heavy atom. The predicted octanol–water partition coefficient (Wildman–Crippen LogP) is 15.5. The van der Waals surface area contributed by atoms with Crippen LogP contribution in [0.1, 0.15) is 210 Å². The molecule has 0 nitrogen and oxygen atoms in total. The first-order valence-electron chi connectivity index (χ1n) is 22.4. The summed E-state index contributed by atoms with van der Waals surface area (Å²) in [7, 11) is 0. The molecule has 10 atom stereocenters. The van der Waals surface area contributed by atoms with E-state index < -0.39 is 0 Å². The summed E-state index contributed by atoms with van der Waals surface area (Å²) in [5.74, 6) is 12.8. The van der Waals surface area contributed by atoms with E-state index in [0.29, 0.717) is 0 Å². The summed E-state index contributed by atoms with van der Waals surface area (Å²) in [5.41, 5.74) is 4.26. The fraction of sp³-hybridized carbons (Fsp3) is 0.957. The van der Waals surface area contributed by atoms with Crippen LogP contribution >= 0.6 is 0 Å². The highest BCUT2D eigenvalue weighted by molar-refractivity contribution is 5.33. The van der Waals surface area contributed by atoms with E-state index in [1.807, 2.05) is 55.4 Å². The van der Waals surface area contributed by atoms with Gasteiger partial charge in [-0.05, 0) is 135 Å². The maximum atomic E-state index is 2.58. The summed E-state index contributed by atoms with van der Waals surface area (Å²) in [5, 5.41) is 0. The van der Waals surface area contributed by atoms with Crippen molar-refractivity contribution in [2.45, 2.75) is 210 Å². The topological polar surface area (TPSA) is 0 Å². The molecule has 0 spiro atoms. The smallest absolute Gasteiger partial charge is 0.0138 e. The third kappa shape index (κ3) is 9.29. The lowest BCUT2D eigenvalue weighted by atomic mass is 9.46. The van der Waals surface area contributed by atoms with E-state index in [1.54, 1.807) is 83.5 Å². The van der Waals surface area contributed by atoms with Crippen molar-refractivity contribution in [3.8, 4) is 0 Å². The predicted molar refractivity (Wildman–Crippen MR) is 207 cm³/mol. The highest BCUT2D eigenvalue weighted by atomic mass is 14.6. The molecule has 0 aromatic rings. The van der Waals surface area contributed by atoms with Crippen LogP contribution < -0.4 is 0 Å². The van der Waals surface area contributed by atoms with E-state index in [9.17, 15) is 0 Å². The maximum absolute atomic E-state index is 2.58. The Hall–Kier alpha value is -0.260. The summed E-state index contributed by atoms with van der Waals surface area (Å²) < 4.78 is 0. The number of rotatable bonds is 0. The van der Waals surface area contributed by atoms with E-state index >= 15 is 0 Å². The van der Waals surface area contributed by atoms with Gasteiger partial charge in [-0.3, -0.25) is 0 Å². The largest absolute Gasteiger partial charge is 0.0683 e. The van der Waals surface area contributed by atoms with Gasteiger partial charge >= 0.3 is 0 Å². The third-order valence-corrected chi connectivity index (χ3v) is 14.5. The van der Waals surface area contributed by atoms with E-state index in [-0.39, 0.29) is 0 Å². The van der Waals surface area contributed by atoms with Crippen LogP contribution in [0.3, 0.4) is 0 Å². The molecule has 0 heteroatoms. The van der Waals surface area contributed by atoms with Gasteiger partial charge in [-0.25, -0.2) is 0 Å². The fourth-order valence-corrected chi connectivity index (χ4v) is 12.9. The zero-order valence-electron chi connectivity index (χ0n) is 33.5. The van der Waals surface area contributed by atoms with Gasteiger partial charge in [-0.2, -0.15) is 0 Å². The van der Waals surface area contributed by atoms with Crippen molar-refractivity contribution in [2.75, 3.05) is 0 Å². The molecule has 6 saturated carbocycles. The van der Waals surface area contributed by atoms with Gasteiger partial charge in [-0.15, -0.1) is 0 Å². The lowest BCUT2D eigenvalue weighted by molar-refractivity contribution is 0.00518. The van der Waals surface area contributed by atoms with E-state index in [2.05, 4.69) is 25.0 Å².